The Morgan fingerprint density at radius 1 is 0.800 bits per heavy atom. The standard InChI is InChI=1S/Co.2Li.Ni.Zn.2H. The molecule has 0 nitrogen and oxygen atoms in total. The number of rotatable bonds is 0. The van der Waals surface area contributed by atoms with Crippen LogP contribution in [0.1, 0.15) is 0 Å². The molecule has 5 heteroatoms. The topological polar surface area (TPSA) is 0 Å². The van der Waals surface area contributed by atoms with Gasteiger partial charge in [-0.05, 0) is 0 Å². The maximum atomic E-state index is 0. The van der Waals surface area contributed by atoms with Crippen molar-refractivity contribution in [1.29, 1.82) is 0 Å². The van der Waals surface area contributed by atoms with Gasteiger partial charge < -0.3 is 0 Å². The molecule has 0 spiro atoms. The minimum atomic E-state index is 0. The van der Waals surface area contributed by atoms with Crippen LogP contribution in [0, 0.1) is 0 Å². The summed E-state index contributed by atoms with van der Waals surface area (Å²) in [5.41, 5.74) is 0. The second-order valence-corrected chi connectivity index (χ2v) is 0. The molecule has 0 aromatic carbocycles. The van der Waals surface area contributed by atoms with Gasteiger partial charge in [0, 0.05) is 52.7 Å². The van der Waals surface area contributed by atoms with Gasteiger partial charge in [0.05, 0.1) is 0 Å². The van der Waals surface area contributed by atoms with Gasteiger partial charge in [0.1, 0.15) is 0 Å². The van der Waals surface area contributed by atoms with Crippen molar-refractivity contribution in [1.82, 2.24) is 0 Å². The van der Waals surface area contributed by atoms with Gasteiger partial charge in [-0.1, -0.05) is 0 Å². The van der Waals surface area contributed by atoms with Crippen LogP contribution in [-0.4, -0.2) is 37.7 Å². The molecule has 0 aliphatic heterocycles. The molecule has 0 unspecified atom stereocenters. The van der Waals surface area contributed by atoms with E-state index in [4.69, 9.17) is 0 Å². The van der Waals surface area contributed by atoms with Crippen molar-refractivity contribution in [3.8, 4) is 0 Å². The predicted molar refractivity (Wildman–Crippen MR) is 14.3 cm³/mol. The average Bonchev–Trinajstić information content (AvgIpc) is 0. The van der Waals surface area contributed by atoms with Gasteiger partial charge in [-0.2, -0.15) is 0 Å². The Hall–Kier alpha value is 2.82. The average molecular weight is 199 g/mol. The maximum absolute atomic E-state index is 0. The van der Waals surface area contributed by atoms with Crippen molar-refractivity contribution < 1.29 is 52.7 Å². The van der Waals surface area contributed by atoms with Gasteiger partial charge >= 0.3 is 37.7 Å². The molecule has 0 saturated heterocycles. The van der Waals surface area contributed by atoms with Crippen molar-refractivity contribution in [2.45, 2.75) is 0 Å². The Labute approximate surface area is 89.2 Å². The minimum absolute atomic E-state index is 0. The van der Waals surface area contributed by atoms with Crippen LogP contribution in [0.4, 0.5) is 0 Å². The Morgan fingerprint density at radius 2 is 0.800 bits per heavy atom. The SMILES string of the molecule is [Co].[LiH].[LiH].[Ni].[Zn]. The van der Waals surface area contributed by atoms with E-state index in [2.05, 4.69) is 0 Å². The minimum Gasteiger partial charge on any atom is 0 e. The van der Waals surface area contributed by atoms with Crippen LogP contribution in [0.25, 0.3) is 0 Å². The molecule has 1 radical (unpaired) electrons. The first-order chi connectivity index (χ1) is 0. The van der Waals surface area contributed by atoms with Crippen LogP contribution in [0.15, 0.2) is 0 Å². The van der Waals surface area contributed by atoms with Crippen LogP contribution in [0.3, 0.4) is 0 Å². The van der Waals surface area contributed by atoms with Gasteiger partial charge in [0.25, 0.3) is 0 Å². The largest absolute Gasteiger partial charge is 0 e. The molecule has 0 fully saturated rings. The zero-order chi connectivity index (χ0) is 0. The van der Waals surface area contributed by atoms with Crippen LogP contribution in [0.2, 0.25) is 0 Å². The van der Waals surface area contributed by atoms with Crippen LogP contribution in [-0.2, 0) is 52.7 Å². The van der Waals surface area contributed by atoms with Gasteiger partial charge in [-0.15, -0.1) is 0 Å². The van der Waals surface area contributed by atoms with E-state index in [9.17, 15) is 0 Å². The predicted octanol–water partition coefficient (Wildman–Crippen LogP) is -1.30. The Morgan fingerprint density at radius 3 is 0.800 bits per heavy atom. The fraction of sp³-hybridized carbons (Fsp3) is 0. The van der Waals surface area contributed by atoms with E-state index >= 15 is 0 Å². The zero-order valence-electron chi connectivity index (χ0n) is 1.36. The molecule has 0 amide bonds. The van der Waals surface area contributed by atoms with Gasteiger partial charge in [0.15, 0.2) is 0 Å². The Kier molecular flexibility index (Phi) is 266. The first-order valence-corrected chi connectivity index (χ1v) is 0. The Balaban J connectivity index is 0. The van der Waals surface area contributed by atoms with Gasteiger partial charge in [-0.25, -0.2) is 0 Å². The zero-order valence-corrected chi connectivity index (χ0v) is 6.35. The molecule has 0 bridgehead atoms. The summed E-state index contributed by atoms with van der Waals surface area (Å²) in [4.78, 5) is 0. The first kappa shape index (κ1) is 45.8. The van der Waals surface area contributed by atoms with Crippen molar-refractivity contribution >= 4 is 37.7 Å². The normalized spacial score (nSPS) is 0. The van der Waals surface area contributed by atoms with Gasteiger partial charge in [0.2, 0.25) is 0 Å². The molecule has 0 aromatic heterocycles. The monoisotopic (exact) mass is 197 g/mol. The van der Waals surface area contributed by atoms with Crippen LogP contribution < -0.4 is 0 Å². The third kappa shape index (κ3) is 19.9. The molecule has 25 valence electrons. The summed E-state index contributed by atoms with van der Waals surface area (Å²) in [7, 11) is 0. The van der Waals surface area contributed by atoms with E-state index < -0.39 is 0 Å². The van der Waals surface area contributed by atoms with E-state index in [1.165, 1.54) is 0 Å². The molecule has 0 heterocycles. The number of hydrogen-bond acceptors (Lipinski definition) is 0. The second-order valence-electron chi connectivity index (χ2n) is 0. The summed E-state index contributed by atoms with van der Waals surface area (Å²) >= 11 is 0. The molecular formula is H2CoLi2NiZn. The molecule has 0 N–H and O–H groups in total. The quantitative estimate of drug-likeness (QED) is 0.425. The smallest absolute Gasteiger partial charge is 0 e. The van der Waals surface area contributed by atoms with Crippen LogP contribution >= 0.6 is 0 Å². The van der Waals surface area contributed by atoms with E-state index in [1.54, 1.807) is 0 Å². The first-order valence-electron chi connectivity index (χ1n) is 0. The summed E-state index contributed by atoms with van der Waals surface area (Å²) in [6, 6.07) is 0. The molecule has 0 aliphatic carbocycles. The Bertz CT molecular complexity index is 9.61. The van der Waals surface area contributed by atoms with Crippen molar-refractivity contribution in [2.24, 2.45) is 0 Å². The van der Waals surface area contributed by atoms with Crippen molar-refractivity contribution in [3.63, 3.8) is 0 Å². The van der Waals surface area contributed by atoms with E-state index in [0.717, 1.165) is 0 Å². The molecule has 5 heavy (non-hydrogen) atoms. The summed E-state index contributed by atoms with van der Waals surface area (Å²) in [5, 5.41) is 0. The summed E-state index contributed by atoms with van der Waals surface area (Å²) in [6.07, 6.45) is 0. The molecule has 0 atom stereocenters. The maximum Gasteiger partial charge on any atom is 0 e. The third-order valence-electron chi connectivity index (χ3n) is 0. The summed E-state index contributed by atoms with van der Waals surface area (Å²) in [5.74, 6) is 0. The van der Waals surface area contributed by atoms with E-state index in [0.29, 0.717) is 0 Å². The van der Waals surface area contributed by atoms with Crippen molar-refractivity contribution in [3.05, 3.63) is 0 Å². The molecule has 0 aromatic rings. The summed E-state index contributed by atoms with van der Waals surface area (Å²) < 4.78 is 0. The van der Waals surface area contributed by atoms with Gasteiger partial charge in [-0.3, -0.25) is 0 Å². The van der Waals surface area contributed by atoms with E-state index in [1.807, 2.05) is 0 Å². The molecule has 0 aliphatic rings. The molecule has 0 rings (SSSR count). The third-order valence-corrected chi connectivity index (χ3v) is 0. The fourth-order valence-electron chi connectivity index (χ4n) is 0. The second kappa shape index (κ2) is 29.1. The number of hydrogen-bond donors (Lipinski definition) is 0. The fourth-order valence-corrected chi connectivity index (χ4v) is 0. The van der Waals surface area contributed by atoms with Crippen molar-refractivity contribution in [2.75, 3.05) is 0 Å². The molecular weight excluding hydrogens is 197 g/mol. The van der Waals surface area contributed by atoms with E-state index in [-0.39, 0.29) is 90.5 Å². The van der Waals surface area contributed by atoms with Crippen LogP contribution in [0.5, 0.6) is 0 Å². The summed E-state index contributed by atoms with van der Waals surface area (Å²) in [6.45, 7) is 0. The molecule has 0 saturated carbocycles.